The normalized spacial score (nSPS) is 12.4. The summed E-state index contributed by atoms with van der Waals surface area (Å²) in [7, 11) is 0. The van der Waals surface area contributed by atoms with E-state index in [-0.39, 0.29) is 22.8 Å². The number of anilines is 1. The van der Waals surface area contributed by atoms with Crippen molar-refractivity contribution >= 4 is 40.4 Å². The van der Waals surface area contributed by atoms with Gasteiger partial charge >= 0.3 is 6.09 Å². The number of benzene rings is 2. The molecule has 4 rings (SSSR count). The molecular formula is C27H31N5O4S. The molecule has 0 aliphatic heterocycles. The molecule has 2 amide bonds. The minimum atomic E-state index is -0.658. The Hall–Kier alpha value is -3.79. The van der Waals surface area contributed by atoms with Crippen LogP contribution in [0.1, 0.15) is 49.4 Å². The van der Waals surface area contributed by atoms with Gasteiger partial charge in [0.2, 0.25) is 11.8 Å². The predicted octanol–water partition coefficient (Wildman–Crippen LogP) is 5.71. The van der Waals surface area contributed by atoms with E-state index in [0.717, 1.165) is 45.0 Å². The molecule has 3 N–H and O–H groups in total. The molecule has 10 heteroatoms. The number of thioether (sulfide) groups is 1. The van der Waals surface area contributed by atoms with Crippen LogP contribution in [-0.2, 0) is 16.0 Å². The molecule has 0 saturated heterocycles. The Kier molecular flexibility index (Phi) is 7.87. The van der Waals surface area contributed by atoms with Crippen molar-refractivity contribution in [2.75, 3.05) is 11.1 Å². The van der Waals surface area contributed by atoms with Gasteiger partial charge in [0.15, 0.2) is 0 Å². The van der Waals surface area contributed by atoms with Crippen LogP contribution in [-0.4, -0.2) is 38.5 Å². The van der Waals surface area contributed by atoms with Gasteiger partial charge in [0.25, 0.3) is 5.22 Å². The fourth-order valence-corrected chi connectivity index (χ4v) is 4.34. The van der Waals surface area contributed by atoms with E-state index >= 15 is 0 Å². The van der Waals surface area contributed by atoms with Crippen LogP contribution in [0, 0.1) is 13.8 Å². The first-order chi connectivity index (χ1) is 17.6. The third kappa shape index (κ3) is 7.13. The first-order valence-electron chi connectivity index (χ1n) is 12.0. The van der Waals surface area contributed by atoms with Crippen molar-refractivity contribution in [1.29, 1.82) is 0 Å². The van der Waals surface area contributed by atoms with E-state index in [4.69, 9.17) is 9.15 Å². The summed E-state index contributed by atoms with van der Waals surface area (Å²) >= 11 is 1.13. The molecule has 0 spiro atoms. The lowest BCUT2D eigenvalue weighted by atomic mass is 10.1. The van der Waals surface area contributed by atoms with Crippen molar-refractivity contribution in [3.8, 4) is 0 Å². The SMILES string of the molecule is Cc1ccc(C)c(NC(=O)CSc2nnc([C@H](Cc3c[nH]c4ccccc34)NC(=O)OC(C)(C)C)o2)c1. The van der Waals surface area contributed by atoms with Gasteiger partial charge in [0.05, 0.1) is 5.75 Å². The van der Waals surface area contributed by atoms with Gasteiger partial charge < -0.3 is 24.8 Å². The number of hydrogen-bond acceptors (Lipinski definition) is 7. The zero-order valence-corrected chi connectivity index (χ0v) is 22.4. The molecule has 194 valence electrons. The predicted molar refractivity (Wildman–Crippen MR) is 144 cm³/mol. The lowest BCUT2D eigenvalue weighted by Crippen LogP contribution is -2.36. The first kappa shape index (κ1) is 26.3. The molecule has 1 atom stereocenters. The molecule has 0 radical (unpaired) electrons. The standard InChI is InChI=1S/C27H31N5O4S/c1-16-10-11-17(2)21(12-16)29-23(33)15-37-26-32-31-24(35-26)22(30-25(34)36-27(3,4)5)13-18-14-28-20-9-7-6-8-19(18)20/h6-12,14,22,28H,13,15H2,1-5H3,(H,29,33)(H,30,34)/t22-/m0/s1. The highest BCUT2D eigenvalue weighted by atomic mass is 32.2. The Bertz CT molecular complexity index is 1410. The van der Waals surface area contributed by atoms with Crippen molar-refractivity contribution in [2.24, 2.45) is 0 Å². The number of nitrogens with zero attached hydrogens (tertiary/aromatic N) is 2. The molecule has 4 aromatic rings. The third-order valence-corrected chi connectivity index (χ3v) is 6.32. The van der Waals surface area contributed by atoms with Crippen molar-refractivity contribution in [2.45, 2.75) is 57.9 Å². The fraction of sp³-hybridized carbons (Fsp3) is 0.333. The Labute approximate surface area is 219 Å². The van der Waals surface area contributed by atoms with Crippen LogP contribution in [0.15, 0.2) is 58.3 Å². The highest BCUT2D eigenvalue weighted by Gasteiger charge is 2.26. The number of aromatic nitrogens is 3. The van der Waals surface area contributed by atoms with Gasteiger partial charge in [0.1, 0.15) is 11.6 Å². The summed E-state index contributed by atoms with van der Waals surface area (Å²) in [6.45, 7) is 9.31. The molecule has 0 aliphatic rings. The van der Waals surface area contributed by atoms with Crippen molar-refractivity contribution < 1.29 is 18.7 Å². The van der Waals surface area contributed by atoms with E-state index < -0.39 is 17.7 Å². The van der Waals surface area contributed by atoms with Crippen LogP contribution in [0.3, 0.4) is 0 Å². The highest BCUT2D eigenvalue weighted by Crippen LogP contribution is 2.27. The summed E-state index contributed by atoms with van der Waals surface area (Å²) < 4.78 is 11.3. The maximum atomic E-state index is 12.6. The van der Waals surface area contributed by atoms with Gasteiger partial charge in [0, 0.05) is 29.2 Å². The van der Waals surface area contributed by atoms with E-state index in [0.29, 0.717) is 6.42 Å². The van der Waals surface area contributed by atoms with Crippen LogP contribution < -0.4 is 10.6 Å². The number of aromatic amines is 1. The first-order valence-corrected chi connectivity index (χ1v) is 12.9. The summed E-state index contributed by atoms with van der Waals surface area (Å²) in [5.74, 6) is 0.149. The average molecular weight is 522 g/mol. The van der Waals surface area contributed by atoms with E-state index in [9.17, 15) is 9.59 Å². The van der Waals surface area contributed by atoms with Gasteiger partial charge in [-0.25, -0.2) is 4.79 Å². The van der Waals surface area contributed by atoms with Crippen molar-refractivity contribution in [3.05, 3.63) is 71.2 Å². The topological polar surface area (TPSA) is 122 Å². The van der Waals surface area contributed by atoms with Gasteiger partial charge in [-0.15, -0.1) is 10.2 Å². The van der Waals surface area contributed by atoms with Crippen LogP contribution in [0.4, 0.5) is 10.5 Å². The minimum absolute atomic E-state index is 0.0988. The highest BCUT2D eigenvalue weighted by molar-refractivity contribution is 7.99. The van der Waals surface area contributed by atoms with Gasteiger partial charge in [-0.3, -0.25) is 4.79 Å². The van der Waals surface area contributed by atoms with Crippen LogP contribution in [0.25, 0.3) is 10.9 Å². The number of alkyl carbamates (subject to hydrolysis) is 1. The number of hydrogen-bond donors (Lipinski definition) is 3. The lowest BCUT2D eigenvalue weighted by molar-refractivity contribution is -0.113. The maximum absolute atomic E-state index is 12.6. The number of para-hydroxylation sites is 1. The summed E-state index contributed by atoms with van der Waals surface area (Å²) in [5, 5.41) is 15.3. The maximum Gasteiger partial charge on any atom is 0.408 e. The lowest BCUT2D eigenvalue weighted by Gasteiger charge is -2.22. The second-order valence-electron chi connectivity index (χ2n) is 9.82. The zero-order chi connectivity index (χ0) is 26.6. The molecule has 0 bridgehead atoms. The van der Waals surface area contributed by atoms with E-state index in [1.807, 2.05) is 62.5 Å². The van der Waals surface area contributed by atoms with Gasteiger partial charge in [-0.2, -0.15) is 0 Å². The zero-order valence-electron chi connectivity index (χ0n) is 21.5. The molecule has 0 fully saturated rings. The van der Waals surface area contributed by atoms with Crippen molar-refractivity contribution in [3.63, 3.8) is 0 Å². The third-order valence-electron chi connectivity index (χ3n) is 5.50. The number of ether oxygens (including phenoxy) is 1. The van der Waals surface area contributed by atoms with Crippen LogP contribution in [0.2, 0.25) is 0 Å². The number of aryl methyl sites for hydroxylation is 2. The molecule has 0 unspecified atom stereocenters. The summed E-state index contributed by atoms with van der Waals surface area (Å²) in [6.07, 6.45) is 1.72. The molecular weight excluding hydrogens is 490 g/mol. The smallest absolute Gasteiger partial charge is 0.408 e. The summed E-state index contributed by atoms with van der Waals surface area (Å²) in [4.78, 5) is 28.3. The number of H-pyrrole nitrogens is 1. The van der Waals surface area contributed by atoms with Crippen molar-refractivity contribution in [1.82, 2.24) is 20.5 Å². The van der Waals surface area contributed by atoms with Gasteiger partial charge in [-0.1, -0.05) is 42.1 Å². The summed E-state index contributed by atoms with van der Waals surface area (Å²) in [6, 6.07) is 13.2. The molecule has 2 aromatic carbocycles. The number of amides is 2. The molecule has 0 aliphatic carbocycles. The molecule has 37 heavy (non-hydrogen) atoms. The largest absolute Gasteiger partial charge is 0.444 e. The molecule has 9 nitrogen and oxygen atoms in total. The second-order valence-corrected chi connectivity index (χ2v) is 10.8. The molecule has 2 aromatic heterocycles. The fourth-order valence-electron chi connectivity index (χ4n) is 3.77. The number of carbonyl (C=O) groups is 2. The molecule has 2 heterocycles. The summed E-state index contributed by atoms with van der Waals surface area (Å²) in [5.41, 5.74) is 4.14. The number of rotatable bonds is 8. The van der Waals surface area contributed by atoms with Gasteiger partial charge in [-0.05, 0) is 63.4 Å². The average Bonchev–Trinajstić information content (AvgIpc) is 3.46. The quantitative estimate of drug-likeness (QED) is 0.254. The second kappa shape index (κ2) is 11.1. The Balaban J connectivity index is 1.46. The monoisotopic (exact) mass is 521 g/mol. The Morgan fingerprint density at radius 1 is 1.14 bits per heavy atom. The van der Waals surface area contributed by atoms with E-state index in [1.54, 1.807) is 20.8 Å². The van der Waals surface area contributed by atoms with Crippen LogP contribution >= 0.6 is 11.8 Å². The van der Waals surface area contributed by atoms with E-state index in [1.165, 1.54) is 0 Å². The number of fused-ring (bicyclic) bond motifs is 1. The Morgan fingerprint density at radius 2 is 1.92 bits per heavy atom. The number of nitrogens with one attached hydrogen (secondary N) is 3. The number of carbonyl (C=O) groups excluding carboxylic acids is 2. The van der Waals surface area contributed by atoms with Crippen LogP contribution in [0.5, 0.6) is 0 Å². The van der Waals surface area contributed by atoms with E-state index in [2.05, 4.69) is 25.8 Å². The molecule has 0 saturated carbocycles. The minimum Gasteiger partial charge on any atom is -0.444 e. The Morgan fingerprint density at radius 3 is 2.70 bits per heavy atom.